The second kappa shape index (κ2) is 4.02. The van der Waals surface area contributed by atoms with E-state index in [1.54, 1.807) is 6.20 Å². The van der Waals surface area contributed by atoms with Crippen LogP contribution in [0, 0.1) is 0 Å². The summed E-state index contributed by atoms with van der Waals surface area (Å²) in [6.07, 6.45) is 2.71. The van der Waals surface area contributed by atoms with Crippen LogP contribution >= 0.6 is 0 Å². The highest BCUT2D eigenvalue weighted by molar-refractivity contribution is 5.48. The highest BCUT2D eigenvalue weighted by Crippen LogP contribution is 2.16. The van der Waals surface area contributed by atoms with Gasteiger partial charge in [-0.1, -0.05) is 6.07 Å². The molecule has 5 nitrogen and oxygen atoms in total. The third kappa shape index (κ3) is 1.59. The van der Waals surface area contributed by atoms with Gasteiger partial charge in [-0.05, 0) is 12.1 Å². The van der Waals surface area contributed by atoms with E-state index < -0.39 is 0 Å². The van der Waals surface area contributed by atoms with Crippen molar-refractivity contribution in [1.82, 2.24) is 25.1 Å². The van der Waals surface area contributed by atoms with Gasteiger partial charge in [-0.15, -0.1) is 10.2 Å². The number of nitrogens with zero attached hydrogens (tertiary/aromatic N) is 4. The van der Waals surface area contributed by atoms with E-state index in [-0.39, 0.29) is 0 Å². The maximum absolute atomic E-state index is 4.32. The first-order valence-corrected chi connectivity index (χ1v) is 5.49. The van der Waals surface area contributed by atoms with Gasteiger partial charge in [0.1, 0.15) is 11.5 Å². The summed E-state index contributed by atoms with van der Waals surface area (Å²) in [7, 11) is 0. The number of rotatable bonds is 1. The Bertz CT molecular complexity index is 476. The van der Waals surface area contributed by atoms with Crippen LogP contribution in [-0.4, -0.2) is 32.8 Å². The summed E-state index contributed by atoms with van der Waals surface area (Å²) in [5.41, 5.74) is 0.892. The van der Waals surface area contributed by atoms with Crippen LogP contribution in [0.2, 0.25) is 0 Å². The molecule has 2 aromatic rings. The van der Waals surface area contributed by atoms with E-state index in [1.165, 1.54) is 0 Å². The molecule has 2 aromatic heterocycles. The van der Waals surface area contributed by atoms with Crippen molar-refractivity contribution in [3.05, 3.63) is 30.2 Å². The summed E-state index contributed by atoms with van der Waals surface area (Å²) in [6, 6.07) is 5.85. The summed E-state index contributed by atoms with van der Waals surface area (Å²) in [4.78, 5) is 4.32. The molecular weight excluding hydrogens is 202 g/mol. The highest BCUT2D eigenvalue weighted by Gasteiger charge is 2.15. The lowest BCUT2D eigenvalue weighted by Crippen LogP contribution is -2.17. The van der Waals surface area contributed by atoms with E-state index >= 15 is 0 Å². The summed E-state index contributed by atoms with van der Waals surface area (Å²) >= 11 is 0. The van der Waals surface area contributed by atoms with Gasteiger partial charge in [0.25, 0.3) is 0 Å². The number of aromatic nitrogens is 4. The maximum Gasteiger partial charge on any atom is 0.182 e. The molecule has 1 N–H and O–H groups in total. The van der Waals surface area contributed by atoms with Crippen LogP contribution in [0.5, 0.6) is 0 Å². The quantitative estimate of drug-likeness (QED) is 0.752. The molecule has 1 aliphatic rings. The van der Waals surface area contributed by atoms with Crippen molar-refractivity contribution in [1.29, 1.82) is 0 Å². The van der Waals surface area contributed by atoms with Crippen molar-refractivity contribution in [3.63, 3.8) is 0 Å². The Morgan fingerprint density at radius 3 is 3.06 bits per heavy atom. The zero-order valence-electron chi connectivity index (χ0n) is 8.93. The zero-order chi connectivity index (χ0) is 10.8. The van der Waals surface area contributed by atoms with Gasteiger partial charge in [-0.25, -0.2) is 0 Å². The Balaban J connectivity index is 2.06. The average Bonchev–Trinajstić information content (AvgIpc) is 2.60. The van der Waals surface area contributed by atoms with Crippen LogP contribution in [-0.2, 0) is 13.0 Å². The van der Waals surface area contributed by atoms with E-state index in [9.17, 15) is 0 Å². The monoisotopic (exact) mass is 215 g/mol. The molecule has 0 saturated heterocycles. The first-order chi connectivity index (χ1) is 7.95. The minimum Gasteiger partial charge on any atom is -0.315 e. The van der Waals surface area contributed by atoms with Gasteiger partial charge in [0, 0.05) is 32.3 Å². The second-order valence-corrected chi connectivity index (χ2v) is 3.81. The zero-order valence-corrected chi connectivity index (χ0v) is 8.93. The molecule has 5 heteroatoms. The van der Waals surface area contributed by atoms with Crippen LogP contribution in [0.3, 0.4) is 0 Å². The standard InChI is InChI=1S/C11H13N5/c1-2-5-13-9(3-1)11-15-14-10-4-6-12-7-8-16(10)11/h1-3,5,12H,4,6-8H2. The largest absolute Gasteiger partial charge is 0.315 e. The molecule has 82 valence electrons. The van der Waals surface area contributed by atoms with E-state index in [4.69, 9.17) is 0 Å². The van der Waals surface area contributed by atoms with E-state index in [0.717, 1.165) is 43.4 Å². The predicted octanol–water partition coefficient (Wildman–Crippen LogP) is 0.486. The van der Waals surface area contributed by atoms with Crippen molar-refractivity contribution in [2.24, 2.45) is 0 Å². The summed E-state index contributed by atoms with van der Waals surface area (Å²) in [6.45, 7) is 2.85. The van der Waals surface area contributed by atoms with E-state index in [2.05, 4.69) is 25.1 Å². The minimum absolute atomic E-state index is 0.874. The van der Waals surface area contributed by atoms with E-state index in [0.29, 0.717) is 0 Å². The molecule has 0 unspecified atom stereocenters. The molecule has 3 rings (SSSR count). The van der Waals surface area contributed by atoms with Crippen molar-refractivity contribution in [3.8, 4) is 11.5 Å². The van der Waals surface area contributed by atoms with Crippen LogP contribution in [0.25, 0.3) is 11.5 Å². The first-order valence-electron chi connectivity index (χ1n) is 5.49. The normalized spacial score (nSPS) is 15.5. The van der Waals surface area contributed by atoms with Gasteiger partial charge in [0.15, 0.2) is 5.82 Å². The molecule has 0 spiro atoms. The topological polar surface area (TPSA) is 55.6 Å². The lowest BCUT2D eigenvalue weighted by atomic mass is 10.3. The fraction of sp³-hybridized carbons (Fsp3) is 0.364. The van der Waals surface area contributed by atoms with E-state index in [1.807, 2.05) is 18.2 Å². The van der Waals surface area contributed by atoms with Crippen LogP contribution in [0.4, 0.5) is 0 Å². The number of nitrogens with one attached hydrogen (secondary N) is 1. The predicted molar refractivity (Wildman–Crippen MR) is 59.8 cm³/mol. The van der Waals surface area contributed by atoms with Crippen LogP contribution in [0.15, 0.2) is 24.4 Å². The van der Waals surface area contributed by atoms with Gasteiger partial charge in [0.05, 0.1) is 0 Å². The second-order valence-electron chi connectivity index (χ2n) is 3.81. The van der Waals surface area contributed by atoms with Gasteiger partial charge < -0.3 is 9.88 Å². The molecule has 0 radical (unpaired) electrons. The third-order valence-electron chi connectivity index (χ3n) is 2.76. The van der Waals surface area contributed by atoms with Gasteiger partial charge in [0.2, 0.25) is 0 Å². The molecule has 0 amide bonds. The van der Waals surface area contributed by atoms with Crippen LogP contribution in [0.1, 0.15) is 5.82 Å². The minimum atomic E-state index is 0.874. The van der Waals surface area contributed by atoms with Crippen LogP contribution < -0.4 is 5.32 Å². The van der Waals surface area contributed by atoms with Crippen molar-refractivity contribution in [2.45, 2.75) is 13.0 Å². The fourth-order valence-corrected chi connectivity index (χ4v) is 1.96. The third-order valence-corrected chi connectivity index (χ3v) is 2.76. The molecule has 0 saturated carbocycles. The van der Waals surface area contributed by atoms with Crippen molar-refractivity contribution < 1.29 is 0 Å². The Kier molecular flexibility index (Phi) is 2.38. The summed E-state index contributed by atoms with van der Waals surface area (Å²) in [5.74, 6) is 1.92. The number of hydrogen-bond acceptors (Lipinski definition) is 4. The number of fused-ring (bicyclic) bond motifs is 1. The van der Waals surface area contributed by atoms with Gasteiger partial charge in [-0.3, -0.25) is 4.98 Å². The van der Waals surface area contributed by atoms with Crippen molar-refractivity contribution >= 4 is 0 Å². The van der Waals surface area contributed by atoms with Gasteiger partial charge in [-0.2, -0.15) is 0 Å². The smallest absolute Gasteiger partial charge is 0.182 e. The molecule has 1 aliphatic heterocycles. The Hall–Kier alpha value is -1.75. The molecule has 3 heterocycles. The summed E-state index contributed by atoms with van der Waals surface area (Å²) < 4.78 is 2.16. The highest BCUT2D eigenvalue weighted by atomic mass is 15.3. The lowest BCUT2D eigenvalue weighted by Gasteiger charge is -2.05. The molecule has 0 fully saturated rings. The first kappa shape index (κ1) is 9.47. The molecule has 0 aliphatic carbocycles. The molecule has 0 aromatic carbocycles. The summed E-state index contributed by atoms with van der Waals surface area (Å²) in [5, 5.41) is 11.8. The van der Waals surface area contributed by atoms with Crippen molar-refractivity contribution in [2.75, 3.05) is 13.1 Å². The average molecular weight is 215 g/mol. The molecule has 16 heavy (non-hydrogen) atoms. The molecule has 0 bridgehead atoms. The Morgan fingerprint density at radius 1 is 1.19 bits per heavy atom. The van der Waals surface area contributed by atoms with Gasteiger partial charge >= 0.3 is 0 Å². The molecule has 0 atom stereocenters. The SMILES string of the molecule is c1ccc(-c2nnc3n2CCNCC3)nc1. The maximum atomic E-state index is 4.32. The molecular formula is C11H13N5. The Morgan fingerprint density at radius 2 is 2.19 bits per heavy atom. The number of pyridine rings is 1. The fourth-order valence-electron chi connectivity index (χ4n) is 1.96. The lowest BCUT2D eigenvalue weighted by molar-refractivity contribution is 0.646. The Labute approximate surface area is 93.5 Å². The number of hydrogen-bond donors (Lipinski definition) is 1.